The van der Waals surface area contributed by atoms with Crippen molar-refractivity contribution in [2.45, 2.75) is 27.2 Å². The van der Waals surface area contributed by atoms with E-state index >= 15 is 0 Å². The van der Waals surface area contributed by atoms with E-state index in [1.165, 1.54) is 0 Å². The van der Waals surface area contributed by atoms with E-state index in [1.807, 2.05) is 39.0 Å². The van der Waals surface area contributed by atoms with Crippen LogP contribution in [0.2, 0.25) is 0 Å². The standard InChI is InChI=1S/C21H26N2O3/c1-5-23(6-2)21(25)17-8-7-9-18(14-17)22-20(24)13-16-11-10-15(3)19(12-16)26-4/h7-12,14H,5-6,13H2,1-4H3,(H,22,24). The van der Waals surface area contributed by atoms with Gasteiger partial charge in [-0.1, -0.05) is 18.2 Å². The van der Waals surface area contributed by atoms with Gasteiger partial charge in [-0.15, -0.1) is 0 Å². The van der Waals surface area contributed by atoms with Crippen LogP contribution in [0.25, 0.3) is 0 Å². The van der Waals surface area contributed by atoms with Crippen LogP contribution < -0.4 is 10.1 Å². The molecule has 0 radical (unpaired) electrons. The molecule has 0 fully saturated rings. The van der Waals surface area contributed by atoms with Crippen molar-refractivity contribution in [1.29, 1.82) is 0 Å². The average Bonchev–Trinajstić information content (AvgIpc) is 2.64. The minimum Gasteiger partial charge on any atom is -0.496 e. The van der Waals surface area contributed by atoms with Crippen LogP contribution in [-0.2, 0) is 11.2 Å². The number of hydrogen-bond donors (Lipinski definition) is 1. The smallest absolute Gasteiger partial charge is 0.253 e. The fourth-order valence-corrected chi connectivity index (χ4v) is 2.79. The van der Waals surface area contributed by atoms with Gasteiger partial charge < -0.3 is 15.0 Å². The Bertz CT molecular complexity index is 783. The van der Waals surface area contributed by atoms with Crippen molar-refractivity contribution in [3.63, 3.8) is 0 Å². The quantitative estimate of drug-likeness (QED) is 0.825. The number of rotatable bonds is 7. The normalized spacial score (nSPS) is 10.3. The van der Waals surface area contributed by atoms with E-state index < -0.39 is 0 Å². The van der Waals surface area contributed by atoms with E-state index in [2.05, 4.69) is 5.32 Å². The number of ether oxygens (including phenoxy) is 1. The van der Waals surface area contributed by atoms with Crippen LogP contribution in [0.1, 0.15) is 35.3 Å². The molecule has 0 aliphatic heterocycles. The zero-order chi connectivity index (χ0) is 19.1. The van der Waals surface area contributed by atoms with Gasteiger partial charge >= 0.3 is 0 Å². The zero-order valence-electron chi connectivity index (χ0n) is 15.8. The van der Waals surface area contributed by atoms with Gasteiger partial charge in [-0.05, 0) is 56.2 Å². The maximum Gasteiger partial charge on any atom is 0.253 e. The Morgan fingerprint density at radius 3 is 2.46 bits per heavy atom. The first-order valence-corrected chi connectivity index (χ1v) is 8.81. The summed E-state index contributed by atoms with van der Waals surface area (Å²) >= 11 is 0. The van der Waals surface area contributed by atoms with Crippen LogP contribution in [0.15, 0.2) is 42.5 Å². The summed E-state index contributed by atoms with van der Waals surface area (Å²) in [5.74, 6) is 0.597. The Morgan fingerprint density at radius 2 is 1.81 bits per heavy atom. The average molecular weight is 354 g/mol. The van der Waals surface area contributed by atoms with Gasteiger partial charge in [0.1, 0.15) is 5.75 Å². The first-order chi connectivity index (χ1) is 12.5. The number of benzene rings is 2. The van der Waals surface area contributed by atoms with Crippen LogP contribution in [0.5, 0.6) is 5.75 Å². The van der Waals surface area contributed by atoms with Gasteiger partial charge in [-0.2, -0.15) is 0 Å². The second-order valence-electron chi connectivity index (χ2n) is 6.09. The van der Waals surface area contributed by atoms with E-state index in [4.69, 9.17) is 4.74 Å². The Morgan fingerprint density at radius 1 is 1.08 bits per heavy atom. The molecule has 0 heterocycles. The largest absolute Gasteiger partial charge is 0.496 e. The second-order valence-corrected chi connectivity index (χ2v) is 6.09. The second kappa shape index (κ2) is 9.04. The third-order valence-corrected chi connectivity index (χ3v) is 4.28. The lowest BCUT2D eigenvalue weighted by Crippen LogP contribution is -2.30. The fourth-order valence-electron chi connectivity index (χ4n) is 2.79. The van der Waals surface area contributed by atoms with E-state index in [0.29, 0.717) is 24.3 Å². The third kappa shape index (κ3) is 4.85. The van der Waals surface area contributed by atoms with Crippen molar-refractivity contribution in [2.75, 3.05) is 25.5 Å². The molecular formula is C21H26N2O3. The molecule has 0 spiro atoms. The van der Waals surface area contributed by atoms with Crippen molar-refractivity contribution < 1.29 is 14.3 Å². The van der Waals surface area contributed by atoms with Crippen molar-refractivity contribution in [2.24, 2.45) is 0 Å². The van der Waals surface area contributed by atoms with Gasteiger partial charge in [-0.3, -0.25) is 9.59 Å². The molecule has 2 rings (SSSR count). The van der Waals surface area contributed by atoms with Gasteiger partial charge in [0.05, 0.1) is 13.5 Å². The maximum atomic E-state index is 12.4. The van der Waals surface area contributed by atoms with Gasteiger partial charge in [0.2, 0.25) is 5.91 Å². The van der Waals surface area contributed by atoms with Crippen LogP contribution in [0.3, 0.4) is 0 Å². The van der Waals surface area contributed by atoms with Crippen LogP contribution in [0.4, 0.5) is 5.69 Å². The third-order valence-electron chi connectivity index (χ3n) is 4.28. The zero-order valence-corrected chi connectivity index (χ0v) is 15.8. The molecule has 26 heavy (non-hydrogen) atoms. The Labute approximate surface area is 155 Å². The highest BCUT2D eigenvalue weighted by atomic mass is 16.5. The summed E-state index contributed by atoms with van der Waals surface area (Å²) in [4.78, 5) is 26.5. The SMILES string of the molecule is CCN(CC)C(=O)c1cccc(NC(=O)Cc2ccc(C)c(OC)c2)c1. The lowest BCUT2D eigenvalue weighted by molar-refractivity contribution is -0.115. The molecule has 0 saturated heterocycles. The summed E-state index contributed by atoms with van der Waals surface area (Å²) in [6, 6.07) is 12.8. The predicted octanol–water partition coefficient (Wildman–Crippen LogP) is 3.67. The highest BCUT2D eigenvalue weighted by molar-refractivity contribution is 5.97. The van der Waals surface area contributed by atoms with E-state index in [1.54, 1.807) is 36.3 Å². The molecule has 1 N–H and O–H groups in total. The molecule has 2 amide bonds. The molecule has 5 nitrogen and oxygen atoms in total. The predicted molar refractivity (Wildman–Crippen MR) is 104 cm³/mol. The Balaban J connectivity index is 2.07. The van der Waals surface area contributed by atoms with E-state index in [-0.39, 0.29) is 18.2 Å². The number of amides is 2. The number of nitrogens with zero attached hydrogens (tertiary/aromatic N) is 1. The summed E-state index contributed by atoms with van der Waals surface area (Å²) < 4.78 is 5.30. The summed E-state index contributed by atoms with van der Waals surface area (Å²) in [5, 5.41) is 2.86. The first kappa shape index (κ1) is 19.5. The molecule has 0 aromatic heterocycles. The molecule has 0 aliphatic carbocycles. The molecule has 138 valence electrons. The number of nitrogens with one attached hydrogen (secondary N) is 1. The molecule has 0 bridgehead atoms. The minimum absolute atomic E-state index is 0.0330. The molecular weight excluding hydrogens is 328 g/mol. The molecule has 5 heteroatoms. The highest BCUT2D eigenvalue weighted by Gasteiger charge is 2.13. The molecule has 0 aliphatic rings. The topological polar surface area (TPSA) is 58.6 Å². The summed E-state index contributed by atoms with van der Waals surface area (Å²) in [6.07, 6.45) is 0.241. The Kier molecular flexibility index (Phi) is 6.78. The van der Waals surface area contributed by atoms with Crippen LogP contribution in [0, 0.1) is 6.92 Å². The summed E-state index contributed by atoms with van der Waals surface area (Å²) in [7, 11) is 1.62. The lowest BCUT2D eigenvalue weighted by atomic mass is 10.1. The summed E-state index contributed by atoms with van der Waals surface area (Å²) in [6.45, 7) is 7.16. The molecule has 0 unspecified atom stereocenters. The minimum atomic E-state index is -0.136. The van der Waals surface area contributed by atoms with Crippen LogP contribution >= 0.6 is 0 Å². The number of aryl methyl sites for hydroxylation is 1. The number of carbonyl (C=O) groups excluding carboxylic acids is 2. The molecule has 0 atom stereocenters. The molecule has 2 aromatic carbocycles. The van der Waals surface area contributed by atoms with Gasteiger partial charge in [-0.25, -0.2) is 0 Å². The number of methoxy groups -OCH3 is 1. The highest BCUT2D eigenvalue weighted by Crippen LogP contribution is 2.20. The van der Waals surface area contributed by atoms with Crippen molar-refractivity contribution in [3.05, 3.63) is 59.2 Å². The van der Waals surface area contributed by atoms with Gasteiger partial charge in [0, 0.05) is 24.3 Å². The fraction of sp³-hybridized carbons (Fsp3) is 0.333. The number of hydrogen-bond acceptors (Lipinski definition) is 3. The van der Waals surface area contributed by atoms with Crippen LogP contribution in [-0.4, -0.2) is 36.9 Å². The monoisotopic (exact) mass is 354 g/mol. The number of carbonyl (C=O) groups is 2. The van der Waals surface area contributed by atoms with Crippen molar-refractivity contribution in [3.8, 4) is 5.75 Å². The molecule has 2 aromatic rings. The maximum absolute atomic E-state index is 12.4. The van der Waals surface area contributed by atoms with E-state index in [0.717, 1.165) is 16.9 Å². The van der Waals surface area contributed by atoms with Crippen molar-refractivity contribution >= 4 is 17.5 Å². The lowest BCUT2D eigenvalue weighted by Gasteiger charge is -2.19. The molecule has 0 saturated carbocycles. The van der Waals surface area contributed by atoms with E-state index in [9.17, 15) is 9.59 Å². The number of anilines is 1. The van der Waals surface area contributed by atoms with Gasteiger partial charge in [0.15, 0.2) is 0 Å². The first-order valence-electron chi connectivity index (χ1n) is 8.81. The van der Waals surface area contributed by atoms with Gasteiger partial charge in [0.25, 0.3) is 5.91 Å². The summed E-state index contributed by atoms with van der Waals surface area (Å²) in [5.41, 5.74) is 3.09. The van der Waals surface area contributed by atoms with Crippen molar-refractivity contribution in [1.82, 2.24) is 4.90 Å². The Hall–Kier alpha value is -2.82.